The second kappa shape index (κ2) is 9.56. The largest absolute Gasteiger partial charge is 0.356 e. The van der Waals surface area contributed by atoms with Crippen molar-refractivity contribution in [3.05, 3.63) is 34.1 Å². The molecule has 0 fully saturated rings. The molecule has 0 bridgehead atoms. The highest BCUT2D eigenvalue weighted by Gasteiger charge is 2.11. The van der Waals surface area contributed by atoms with Gasteiger partial charge in [0.2, 0.25) is 11.8 Å². The standard InChI is InChI=1S/C16H22BrFN2O2/c1-12(21)19-9-5-3-4-6-16(22)20(2)11-13-10-14(17)7-8-15(13)18/h7-8,10H,3-6,9,11H2,1-2H3,(H,19,21). The van der Waals surface area contributed by atoms with Gasteiger partial charge in [-0.05, 0) is 31.0 Å². The third kappa shape index (κ3) is 7.02. The second-order valence-corrected chi connectivity index (χ2v) is 6.19. The Kier molecular flexibility index (Phi) is 8.09. The van der Waals surface area contributed by atoms with E-state index < -0.39 is 0 Å². The van der Waals surface area contributed by atoms with E-state index >= 15 is 0 Å². The van der Waals surface area contributed by atoms with Crippen LogP contribution in [0.15, 0.2) is 22.7 Å². The fourth-order valence-electron chi connectivity index (χ4n) is 2.04. The number of benzene rings is 1. The van der Waals surface area contributed by atoms with Crippen LogP contribution in [0.25, 0.3) is 0 Å². The lowest BCUT2D eigenvalue weighted by molar-refractivity contribution is -0.130. The topological polar surface area (TPSA) is 49.4 Å². The van der Waals surface area contributed by atoms with Crippen molar-refractivity contribution in [2.24, 2.45) is 0 Å². The van der Waals surface area contributed by atoms with Crippen molar-refractivity contribution < 1.29 is 14.0 Å². The molecule has 4 nitrogen and oxygen atoms in total. The molecular formula is C16H22BrFN2O2. The lowest BCUT2D eigenvalue weighted by Gasteiger charge is -2.18. The summed E-state index contributed by atoms with van der Waals surface area (Å²) >= 11 is 3.30. The number of hydrogen-bond acceptors (Lipinski definition) is 2. The minimum Gasteiger partial charge on any atom is -0.356 e. The lowest BCUT2D eigenvalue weighted by atomic mass is 10.1. The molecule has 0 saturated carbocycles. The molecular weight excluding hydrogens is 351 g/mol. The Morgan fingerprint density at radius 3 is 2.68 bits per heavy atom. The molecule has 0 aliphatic rings. The smallest absolute Gasteiger partial charge is 0.222 e. The first-order valence-electron chi connectivity index (χ1n) is 7.32. The number of nitrogens with one attached hydrogen (secondary N) is 1. The van der Waals surface area contributed by atoms with Crippen LogP contribution in [0.1, 0.15) is 38.2 Å². The van der Waals surface area contributed by atoms with Gasteiger partial charge in [-0.25, -0.2) is 4.39 Å². The van der Waals surface area contributed by atoms with Crippen LogP contribution in [0.3, 0.4) is 0 Å². The average Bonchev–Trinajstić information content (AvgIpc) is 2.45. The molecule has 122 valence electrons. The van der Waals surface area contributed by atoms with Crippen molar-refractivity contribution in [2.75, 3.05) is 13.6 Å². The van der Waals surface area contributed by atoms with Crippen LogP contribution in [0.4, 0.5) is 4.39 Å². The number of halogens is 2. The van der Waals surface area contributed by atoms with Gasteiger partial charge in [-0.1, -0.05) is 22.4 Å². The maximum atomic E-state index is 13.7. The van der Waals surface area contributed by atoms with Crippen LogP contribution >= 0.6 is 15.9 Å². The first-order chi connectivity index (χ1) is 10.4. The van der Waals surface area contributed by atoms with E-state index in [1.807, 2.05) is 0 Å². The van der Waals surface area contributed by atoms with Gasteiger partial charge in [0.05, 0.1) is 0 Å². The summed E-state index contributed by atoms with van der Waals surface area (Å²) in [7, 11) is 1.68. The Morgan fingerprint density at radius 1 is 1.27 bits per heavy atom. The van der Waals surface area contributed by atoms with E-state index in [-0.39, 0.29) is 24.2 Å². The fraction of sp³-hybridized carbons (Fsp3) is 0.500. The molecule has 1 rings (SSSR count). The Balaban J connectivity index is 2.30. The van der Waals surface area contributed by atoms with E-state index in [0.717, 1.165) is 23.7 Å². The summed E-state index contributed by atoms with van der Waals surface area (Å²) in [5.74, 6) is -0.344. The summed E-state index contributed by atoms with van der Waals surface area (Å²) in [5, 5.41) is 2.72. The van der Waals surface area contributed by atoms with Crippen LogP contribution in [-0.2, 0) is 16.1 Å². The third-order valence-electron chi connectivity index (χ3n) is 3.28. The molecule has 1 aromatic rings. The lowest BCUT2D eigenvalue weighted by Crippen LogP contribution is -2.26. The summed E-state index contributed by atoms with van der Waals surface area (Å²) < 4.78 is 14.5. The van der Waals surface area contributed by atoms with E-state index in [1.165, 1.54) is 13.0 Å². The van der Waals surface area contributed by atoms with E-state index in [9.17, 15) is 14.0 Å². The Labute approximate surface area is 139 Å². The van der Waals surface area contributed by atoms with E-state index in [4.69, 9.17) is 0 Å². The number of hydrogen-bond donors (Lipinski definition) is 1. The Morgan fingerprint density at radius 2 is 2.00 bits per heavy atom. The number of unbranched alkanes of at least 4 members (excludes halogenated alkanes) is 2. The van der Waals surface area contributed by atoms with Crippen LogP contribution < -0.4 is 5.32 Å². The zero-order valence-corrected chi connectivity index (χ0v) is 14.6. The van der Waals surface area contributed by atoms with Gasteiger partial charge in [0.1, 0.15) is 5.82 Å². The van der Waals surface area contributed by atoms with Crippen molar-refractivity contribution in [3.63, 3.8) is 0 Å². The monoisotopic (exact) mass is 372 g/mol. The van der Waals surface area contributed by atoms with Crippen LogP contribution in [0.2, 0.25) is 0 Å². The van der Waals surface area contributed by atoms with E-state index in [0.29, 0.717) is 18.5 Å². The molecule has 0 aliphatic heterocycles. The molecule has 0 aliphatic carbocycles. The van der Waals surface area contributed by atoms with Crippen LogP contribution in [0.5, 0.6) is 0 Å². The summed E-state index contributed by atoms with van der Waals surface area (Å²) in [6.45, 7) is 2.39. The van der Waals surface area contributed by atoms with Crippen molar-refractivity contribution in [3.8, 4) is 0 Å². The van der Waals surface area contributed by atoms with Gasteiger partial charge in [-0.2, -0.15) is 0 Å². The number of nitrogens with zero attached hydrogens (tertiary/aromatic N) is 1. The quantitative estimate of drug-likeness (QED) is 0.712. The Bertz CT molecular complexity index is 523. The molecule has 6 heteroatoms. The van der Waals surface area contributed by atoms with E-state index in [2.05, 4.69) is 21.2 Å². The van der Waals surface area contributed by atoms with Gasteiger partial charge in [0.25, 0.3) is 0 Å². The van der Waals surface area contributed by atoms with Gasteiger partial charge < -0.3 is 10.2 Å². The summed E-state index contributed by atoms with van der Waals surface area (Å²) in [6, 6.07) is 4.71. The van der Waals surface area contributed by atoms with E-state index in [1.54, 1.807) is 24.1 Å². The zero-order chi connectivity index (χ0) is 16.5. The van der Waals surface area contributed by atoms with Crippen molar-refractivity contribution in [1.82, 2.24) is 10.2 Å². The van der Waals surface area contributed by atoms with Crippen molar-refractivity contribution in [1.29, 1.82) is 0 Å². The number of carbonyl (C=O) groups is 2. The molecule has 0 spiro atoms. The molecule has 1 aromatic carbocycles. The minimum atomic E-state index is -0.307. The highest BCUT2D eigenvalue weighted by atomic mass is 79.9. The van der Waals surface area contributed by atoms with Gasteiger partial charge >= 0.3 is 0 Å². The first-order valence-corrected chi connectivity index (χ1v) is 8.11. The second-order valence-electron chi connectivity index (χ2n) is 5.28. The molecule has 22 heavy (non-hydrogen) atoms. The highest BCUT2D eigenvalue weighted by Crippen LogP contribution is 2.17. The summed E-state index contributed by atoms with van der Waals surface area (Å²) in [6.07, 6.45) is 2.94. The summed E-state index contributed by atoms with van der Waals surface area (Å²) in [5.41, 5.74) is 0.496. The van der Waals surface area contributed by atoms with Crippen molar-refractivity contribution in [2.45, 2.75) is 39.2 Å². The third-order valence-corrected chi connectivity index (χ3v) is 3.78. The fourth-order valence-corrected chi connectivity index (χ4v) is 2.45. The van der Waals surface area contributed by atoms with Crippen molar-refractivity contribution >= 4 is 27.7 Å². The first kappa shape index (κ1) is 18.6. The molecule has 0 saturated heterocycles. The zero-order valence-electron chi connectivity index (χ0n) is 13.0. The van der Waals surface area contributed by atoms with Gasteiger partial charge in [0.15, 0.2) is 0 Å². The average molecular weight is 373 g/mol. The number of amides is 2. The number of carbonyl (C=O) groups excluding carboxylic acids is 2. The minimum absolute atomic E-state index is 0.00102. The van der Waals surface area contributed by atoms with Gasteiger partial charge in [0, 0.05) is 43.5 Å². The number of rotatable bonds is 8. The molecule has 1 N–H and O–H groups in total. The predicted molar refractivity (Wildman–Crippen MR) is 87.7 cm³/mol. The SMILES string of the molecule is CC(=O)NCCCCCC(=O)N(C)Cc1cc(Br)ccc1F. The molecule has 0 unspecified atom stereocenters. The Hall–Kier alpha value is -1.43. The maximum Gasteiger partial charge on any atom is 0.222 e. The molecule has 0 aromatic heterocycles. The molecule has 0 heterocycles. The van der Waals surface area contributed by atoms with Crippen LogP contribution in [-0.4, -0.2) is 30.3 Å². The molecule has 0 radical (unpaired) electrons. The highest BCUT2D eigenvalue weighted by molar-refractivity contribution is 9.10. The molecule has 2 amide bonds. The van der Waals surface area contributed by atoms with Crippen LogP contribution in [0, 0.1) is 5.82 Å². The summed E-state index contributed by atoms with van der Waals surface area (Å²) in [4.78, 5) is 24.2. The van der Waals surface area contributed by atoms with Gasteiger partial charge in [-0.3, -0.25) is 9.59 Å². The van der Waals surface area contributed by atoms with Gasteiger partial charge in [-0.15, -0.1) is 0 Å². The molecule has 0 atom stereocenters. The predicted octanol–water partition coefficient (Wildman–Crippen LogP) is 3.24. The normalized spacial score (nSPS) is 10.4. The maximum absolute atomic E-state index is 13.7.